The lowest BCUT2D eigenvalue weighted by atomic mass is 9.87. The first-order valence-electron chi connectivity index (χ1n) is 15.4. The highest BCUT2D eigenvalue weighted by Crippen LogP contribution is 2.31. The Morgan fingerprint density at radius 3 is 2.49 bits per heavy atom. The van der Waals surface area contributed by atoms with Gasteiger partial charge < -0.3 is 20.9 Å². The molecule has 5 rings (SSSR count). The number of likely N-dealkylation sites (tertiary alicyclic amines) is 1. The van der Waals surface area contributed by atoms with Gasteiger partial charge in [-0.25, -0.2) is 4.98 Å². The van der Waals surface area contributed by atoms with Gasteiger partial charge in [-0.15, -0.1) is 0 Å². The van der Waals surface area contributed by atoms with Gasteiger partial charge in [-0.05, 0) is 76.9 Å². The van der Waals surface area contributed by atoms with Gasteiger partial charge >= 0.3 is 0 Å². The number of aromatic nitrogens is 2. The number of carbonyl (C=O) groups excluding carboxylic acids is 1. The molecule has 0 spiro atoms. The fraction of sp³-hybridized carbons (Fsp3) is 0.828. The Bertz CT molecular complexity index is 831. The summed E-state index contributed by atoms with van der Waals surface area (Å²) in [7, 11) is 0. The zero-order valence-electron chi connectivity index (χ0n) is 22.8. The van der Waals surface area contributed by atoms with Crippen LogP contribution in [0, 0.1) is 0 Å². The summed E-state index contributed by atoms with van der Waals surface area (Å²) in [4.78, 5) is 27.6. The summed E-state index contributed by atoms with van der Waals surface area (Å²) in [5.74, 6) is 2.00. The van der Waals surface area contributed by atoms with Crippen LogP contribution in [-0.4, -0.2) is 77.7 Å². The Kier molecular flexibility index (Phi) is 9.91. The van der Waals surface area contributed by atoms with Crippen LogP contribution >= 0.6 is 0 Å². The Hall–Kier alpha value is -1.93. The van der Waals surface area contributed by atoms with Gasteiger partial charge in [0.15, 0.2) is 0 Å². The standard InChI is InChI=1S/C29H49N7O/c37-28(25-13-6-7-17-30-25)31-18-15-26-24(14-10-22-36(26)23-11-4-3-5-12-23)33-29-32-19-16-27(34-29)35-20-8-1-2-9-21-35/h16,19,23-26,30H,1-15,17-18,20-22H2,(H,31,37)(H,32,33,34)/t24-,25-,26+/m0/s1. The average Bonchev–Trinajstić information content (AvgIpc) is 3.25. The summed E-state index contributed by atoms with van der Waals surface area (Å²) < 4.78 is 0. The maximum Gasteiger partial charge on any atom is 0.237 e. The molecule has 0 unspecified atom stereocenters. The molecular weight excluding hydrogens is 462 g/mol. The summed E-state index contributed by atoms with van der Waals surface area (Å²) >= 11 is 0. The van der Waals surface area contributed by atoms with E-state index in [1.165, 1.54) is 77.2 Å². The van der Waals surface area contributed by atoms with Crippen LogP contribution in [0.5, 0.6) is 0 Å². The van der Waals surface area contributed by atoms with E-state index in [4.69, 9.17) is 4.98 Å². The van der Waals surface area contributed by atoms with Crippen molar-refractivity contribution >= 4 is 17.7 Å². The van der Waals surface area contributed by atoms with Gasteiger partial charge in [-0.2, -0.15) is 4.98 Å². The minimum atomic E-state index is -0.0152. The molecule has 4 aliphatic rings. The van der Waals surface area contributed by atoms with Crippen LogP contribution in [-0.2, 0) is 4.79 Å². The fourth-order valence-corrected chi connectivity index (χ4v) is 7.09. The Labute approximate surface area is 223 Å². The molecule has 1 aromatic rings. The number of piperidine rings is 2. The maximum atomic E-state index is 12.8. The van der Waals surface area contributed by atoms with Crippen molar-refractivity contribution in [3.63, 3.8) is 0 Å². The normalized spacial score (nSPS) is 28.4. The molecule has 206 valence electrons. The second-order valence-electron chi connectivity index (χ2n) is 11.7. The first-order valence-corrected chi connectivity index (χ1v) is 15.4. The number of carbonyl (C=O) groups is 1. The molecule has 3 saturated heterocycles. The zero-order chi connectivity index (χ0) is 25.3. The van der Waals surface area contributed by atoms with Crippen molar-refractivity contribution in [2.45, 2.75) is 120 Å². The predicted molar refractivity (Wildman–Crippen MR) is 150 cm³/mol. The van der Waals surface area contributed by atoms with Gasteiger partial charge in [-0.1, -0.05) is 38.5 Å². The minimum Gasteiger partial charge on any atom is -0.356 e. The van der Waals surface area contributed by atoms with Crippen molar-refractivity contribution < 1.29 is 4.79 Å². The van der Waals surface area contributed by atoms with E-state index in [0.717, 1.165) is 63.6 Å². The minimum absolute atomic E-state index is 0.0152. The molecule has 8 nitrogen and oxygen atoms in total. The molecule has 1 aromatic heterocycles. The number of hydrogen-bond donors (Lipinski definition) is 3. The molecule has 0 bridgehead atoms. The number of nitrogens with zero attached hydrogens (tertiary/aromatic N) is 4. The summed E-state index contributed by atoms with van der Waals surface area (Å²) in [6, 6.07) is 3.42. The topological polar surface area (TPSA) is 85.4 Å². The first-order chi connectivity index (χ1) is 18.3. The molecular formula is C29H49N7O. The average molecular weight is 512 g/mol. The summed E-state index contributed by atoms with van der Waals surface area (Å²) in [6.45, 7) is 5.04. The number of nitrogens with one attached hydrogen (secondary N) is 3. The quantitative estimate of drug-likeness (QED) is 0.485. The van der Waals surface area contributed by atoms with E-state index >= 15 is 0 Å². The lowest BCUT2D eigenvalue weighted by Gasteiger charge is -2.47. The van der Waals surface area contributed by atoms with Gasteiger partial charge in [0.2, 0.25) is 11.9 Å². The van der Waals surface area contributed by atoms with Crippen LogP contribution in [0.3, 0.4) is 0 Å². The largest absolute Gasteiger partial charge is 0.356 e. The number of hydrogen-bond acceptors (Lipinski definition) is 7. The van der Waals surface area contributed by atoms with Gasteiger partial charge in [0.25, 0.3) is 0 Å². The molecule has 4 fully saturated rings. The maximum absolute atomic E-state index is 12.8. The molecule has 1 aliphatic carbocycles. The van der Waals surface area contributed by atoms with Crippen molar-refractivity contribution in [2.75, 3.05) is 42.9 Å². The fourth-order valence-electron chi connectivity index (χ4n) is 7.09. The van der Waals surface area contributed by atoms with E-state index in [0.29, 0.717) is 18.1 Å². The zero-order valence-corrected chi connectivity index (χ0v) is 22.8. The highest BCUT2D eigenvalue weighted by molar-refractivity contribution is 5.81. The van der Waals surface area contributed by atoms with Crippen LogP contribution in [0.1, 0.15) is 96.3 Å². The van der Waals surface area contributed by atoms with E-state index in [-0.39, 0.29) is 11.9 Å². The summed E-state index contributed by atoms with van der Waals surface area (Å²) in [5.41, 5.74) is 0. The first kappa shape index (κ1) is 26.7. The van der Waals surface area contributed by atoms with Crippen LogP contribution in [0.15, 0.2) is 12.3 Å². The molecule has 3 N–H and O–H groups in total. The van der Waals surface area contributed by atoms with Crippen LogP contribution in [0.4, 0.5) is 11.8 Å². The third-order valence-electron chi connectivity index (χ3n) is 9.12. The van der Waals surface area contributed by atoms with Crippen LogP contribution in [0.2, 0.25) is 0 Å². The van der Waals surface area contributed by atoms with E-state index in [1.54, 1.807) is 0 Å². The van der Waals surface area contributed by atoms with E-state index in [1.807, 2.05) is 6.20 Å². The second kappa shape index (κ2) is 13.7. The molecule has 1 amide bonds. The third-order valence-corrected chi connectivity index (χ3v) is 9.12. The molecule has 1 saturated carbocycles. The molecule has 8 heteroatoms. The second-order valence-corrected chi connectivity index (χ2v) is 11.7. The van der Waals surface area contributed by atoms with Crippen molar-refractivity contribution in [1.82, 2.24) is 25.5 Å². The molecule has 0 aromatic carbocycles. The third kappa shape index (κ3) is 7.34. The van der Waals surface area contributed by atoms with Gasteiger partial charge in [0, 0.05) is 44.0 Å². The summed E-state index contributed by atoms with van der Waals surface area (Å²) in [6.07, 6.45) is 20.3. The van der Waals surface area contributed by atoms with Gasteiger partial charge in [-0.3, -0.25) is 9.69 Å². The van der Waals surface area contributed by atoms with Crippen LogP contribution in [0.25, 0.3) is 0 Å². The van der Waals surface area contributed by atoms with E-state index in [2.05, 4.69) is 36.8 Å². The molecule has 37 heavy (non-hydrogen) atoms. The smallest absolute Gasteiger partial charge is 0.237 e. The molecule has 4 heterocycles. The highest BCUT2D eigenvalue weighted by Gasteiger charge is 2.36. The number of anilines is 2. The Balaban J connectivity index is 1.25. The summed E-state index contributed by atoms with van der Waals surface area (Å²) in [5, 5.41) is 10.4. The number of amides is 1. The van der Waals surface area contributed by atoms with Gasteiger partial charge in [0.05, 0.1) is 6.04 Å². The van der Waals surface area contributed by atoms with Crippen molar-refractivity contribution in [1.29, 1.82) is 0 Å². The van der Waals surface area contributed by atoms with Crippen LogP contribution < -0.4 is 20.9 Å². The van der Waals surface area contributed by atoms with Crippen molar-refractivity contribution in [3.05, 3.63) is 12.3 Å². The predicted octanol–water partition coefficient (Wildman–Crippen LogP) is 4.08. The lowest BCUT2D eigenvalue weighted by molar-refractivity contribution is -0.123. The lowest BCUT2D eigenvalue weighted by Crippen LogP contribution is -2.56. The van der Waals surface area contributed by atoms with E-state index in [9.17, 15) is 4.79 Å². The Morgan fingerprint density at radius 1 is 0.919 bits per heavy atom. The molecule has 3 atom stereocenters. The van der Waals surface area contributed by atoms with Crippen molar-refractivity contribution in [2.24, 2.45) is 0 Å². The van der Waals surface area contributed by atoms with E-state index < -0.39 is 0 Å². The number of rotatable bonds is 8. The molecule has 3 aliphatic heterocycles. The molecule has 0 radical (unpaired) electrons. The highest BCUT2D eigenvalue weighted by atomic mass is 16.2. The SMILES string of the molecule is O=C(NCC[C@@H]1[C@@H](Nc2nccc(N3CCCCCC3)n2)CCCN1C1CCCCC1)[C@@H]1CCCCN1. The monoisotopic (exact) mass is 511 g/mol. The van der Waals surface area contributed by atoms with Crippen molar-refractivity contribution in [3.8, 4) is 0 Å². The Morgan fingerprint density at radius 2 is 1.70 bits per heavy atom. The van der Waals surface area contributed by atoms with Gasteiger partial charge in [0.1, 0.15) is 5.82 Å².